The van der Waals surface area contributed by atoms with Crippen molar-refractivity contribution in [1.29, 1.82) is 0 Å². The van der Waals surface area contributed by atoms with Crippen LogP contribution in [-0.4, -0.2) is 65.1 Å². The second kappa shape index (κ2) is 9.22. The number of rotatable bonds is 8. The van der Waals surface area contributed by atoms with Crippen molar-refractivity contribution < 1.29 is 19.3 Å². The summed E-state index contributed by atoms with van der Waals surface area (Å²) < 4.78 is 18.2. The largest absolute Gasteiger partial charge is 0.493 e. The van der Waals surface area contributed by atoms with E-state index in [-0.39, 0.29) is 12.6 Å². The lowest BCUT2D eigenvalue weighted by atomic mass is 10.2. The zero-order valence-electron chi connectivity index (χ0n) is 19.5. The highest BCUT2D eigenvalue weighted by molar-refractivity contribution is 5.69. The number of ether oxygens (including phenoxy) is 3. The molecule has 0 radical (unpaired) electrons. The van der Waals surface area contributed by atoms with Crippen LogP contribution in [0.4, 0.5) is 17.6 Å². The van der Waals surface area contributed by atoms with Gasteiger partial charge in [0.2, 0.25) is 11.7 Å². The minimum Gasteiger partial charge on any atom is -0.493 e. The molecule has 1 saturated heterocycles. The Balaban J connectivity index is 1.46. The van der Waals surface area contributed by atoms with Crippen molar-refractivity contribution in [2.75, 3.05) is 44.7 Å². The average molecular weight is 465 g/mol. The Morgan fingerprint density at radius 1 is 1.12 bits per heavy atom. The van der Waals surface area contributed by atoms with Crippen LogP contribution in [0.2, 0.25) is 0 Å². The van der Waals surface area contributed by atoms with Gasteiger partial charge < -0.3 is 34.1 Å². The minimum absolute atomic E-state index is 0.0514. The SMILES string of the molecule is COc1cc(-n2cnc(Nc3nc(N4CCC[C@H]4CO)nc4c3CC=C4)c2)cc(OC)c1OC. The van der Waals surface area contributed by atoms with Gasteiger partial charge >= 0.3 is 0 Å². The monoisotopic (exact) mass is 464 g/mol. The summed E-state index contributed by atoms with van der Waals surface area (Å²) in [6.07, 6.45) is 10.4. The standard InChI is InChI=1S/C24H28N6O4/c1-32-19-10-16(11-20(33-2)22(19)34-3)29-12-21(25-14-29)27-23-17-7-4-8-18(17)26-24(28-23)30-9-5-6-15(30)13-31/h4,8,10-12,14-15,31H,5-7,9,13H2,1-3H3,(H,26,27,28)/t15-/m0/s1. The minimum atomic E-state index is 0.0514. The lowest BCUT2D eigenvalue weighted by Gasteiger charge is -2.24. The van der Waals surface area contributed by atoms with Gasteiger partial charge in [0, 0.05) is 24.2 Å². The van der Waals surface area contributed by atoms with Crippen LogP contribution in [0, 0.1) is 0 Å². The Hall–Kier alpha value is -3.79. The van der Waals surface area contributed by atoms with Crippen molar-refractivity contribution in [1.82, 2.24) is 19.5 Å². The molecule has 0 unspecified atom stereocenters. The molecule has 10 nitrogen and oxygen atoms in total. The van der Waals surface area contributed by atoms with Crippen LogP contribution in [-0.2, 0) is 6.42 Å². The molecule has 2 N–H and O–H groups in total. The first-order valence-corrected chi connectivity index (χ1v) is 11.2. The molecule has 10 heteroatoms. The summed E-state index contributed by atoms with van der Waals surface area (Å²) in [6, 6.07) is 3.77. The summed E-state index contributed by atoms with van der Waals surface area (Å²) in [5.41, 5.74) is 2.75. The predicted molar refractivity (Wildman–Crippen MR) is 129 cm³/mol. The number of aliphatic hydroxyl groups is 1. The molecule has 2 aromatic heterocycles. The van der Waals surface area contributed by atoms with Gasteiger partial charge in [-0.05, 0) is 25.3 Å². The number of anilines is 3. The summed E-state index contributed by atoms with van der Waals surface area (Å²) in [7, 11) is 4.75. The van der Waals surface area contributed by atoms with Crippen LogP contribution < -0.4 is 24.4 Å². The van der Waals surface area contributed by atoms with E-state index >= 15 is 0 Å². The highest BCUT2D eigenvalue weighted by Crippen LogP contribution is 2.39. The normalized spacial score (nSPS) is 16.6. The molecule has 0 amide bonds. The number of nitrogens with one attached hydrogen (secondary N) is 1. The highest BCUT2D eigenvalue weighted by Gasteiger charge is 2.28. The molecule has 1 fully saturated rings. The Bertz CT molecular complexity index is 1200. The lowest BCUT2D eigenvalue weighted by Crippen LogP contribution is -2.33. The average Bonchev–Trinajstić information content (AvgIpc) is 3.63. The van der Waals surface area contributed by atoms with Gasteiger partial charge in [0.15, 0.2) is 11.5 Å². The van der Waals surface area contributed by atoms with Crippen LogP contribution in [0.25, 0.3) is 11.8 Å². The second-order valence-electron chi connectivity index (χ2n) is 8.19. The third-order valence-corrected chi connectivity index (χ3v) is 6.25. The van der Waals surface area contributed by atoms with E-state index in [0.717, 1.165) is 48.6 Å². The molecule has 0 spiro atoms. The third-order valence-electron chi connectivity index (χ3n) is 6.25. The van der Waals surface area contributed by atoms with E-state index in [9.17, 15) is 5.11 Å². The maximum atomic E-state index is 9.75. The summed E-state index contributed by atoms with van der Waals surface area (Å²) >= 11 is 0. The Kier molecular flexibility index (Phi) is 5.97. The number of benzene rings is 1. The molecule has 5 rings (SSSR count). The topological polar surface area (TPSA) is 107 Å². The van der Waals surface area contributed by atoms with Crippen LogP contribution in [0.3, 0.4) is 0 Å². The molecule has 1 aliphatic heterocycles. The molecular formula is C24H28N6O4. The number of fused-ring (bicyclic) bond motifs is 1. The van der Waals surface area contributed by atoms with Crippen molar-refractivity contribution in [3.8, 4) is 22.9 Å². The van der Waals surface area contributed by atoms with Gasteiger partial charge in [0.05, 0.1) is 51.6 Å². The number of allylic oxidation sites excluding steroid dienone is 1. The van der Waals surface area contributed by atoms with Gasteiger partial charge in [-0.2, -0.15) is 4.98 Å². The summed E-state index contributed by atoms with van der Waals surface area (Å²) in [6.45, 7) is 0.932. The molecular weight excluding hydrogens is 436 g/mol. The van der Waals surface area contributed by atoms with E-state index in [1.54, 1.807) is 27.7 Å². The Morgan fingerprint density at radius 3 is 2.62 bits per heavy atom. The summed E-state index contributed by atoms with van der Waals surface area (Å²) in [5, 5.41) is 13.1. The maximum Gasteiger partial charge on any atom is 0.228 e. The van der Waals surface area contributed by atoms with Gasteiger partial charge in [0.25, 0.3) is 0 Å². The Morgan fingerprint density at radius 2 is 1.91 bits per heavy atom. The summed E-state index contributed by atoms with van der Waals surface area (Å²) in [4.78, 5) is 16.2. The first-order chi connectivity index (χ1) is 16.6. The van der Waals surface area contributed by atoms with E-state index in [1.807, 2.05) is 29.0 Å². The lowest BCUT2D eigenvalue weighted by molar-refractivity contribution is 0.265. The highest BCUT2D eigenvalue weighted by atomic mass is 16.5. The molecule has 2 aliphatic rings. The maximum absolute atomic E-state index is 9.75. The van der Waals surface area contributed by atoms with Crippen LogP contribution in [0.15, 0.2) is 30.7 Å². The fraction of sp³-hybridized carbons (Fsp3) is 0.375. The van der Waals surface area contributed by atoms with E-state index < -0.39 is 0 Å². The van der Waals surface area contributed by atoms with Crippen molar-refractivity contribution in [3.05, 3.63) is 42.0 Å². The quantitative estimate of drug-likeness (QED) is 0.520. The van der Waals surface area contributed by atoms with Crippen LogP contribution in [0.1, 0.15) is 24.1 Å². The van der Waals surface area contributed by atoms with Gasteiger partial charge in [-0.3, -0.25) is 0 Å². The third kappa shape index (κ3) is 3.90. The molecule has 0 saturated carbocycles. The smallest absolute Gasteiger partial charge is 0.228 e. The van der Waals surface area contributed by atoms with E-state index in [2.05, 4.69) is 21.3 Å². The number of methoxy groups -OCH3 is 3. The summed E-state index contributed by atoms with van der Waals surface area (Å²) in [5.74, 6) is 3.67. The molecule has 0 bridgehead atoms. The number of imidazole rings is 1. The number of aromatic nitrogens is 4. The van der Waals surface area contributed by atoms with Crippen LogP contribution in [0.5, 0.6) is 17.2 Å². The van der Waals surface area contributed by atoms with Gasteiger partial charge in [-0.1, -0.05) is 6.08 Å². The molecule has 1 aromatic carbocycles. The number of aliphatic hydroxyl groups excluding tert-OH is 1. The molecule has 1 atom stereocenters. The van der Waals surface area contributed by atoms with Crippen molar-refractivity contribution in [2.24, 2.45) is 0 Å². The van der Waals surface area contributed by atoms with Crippen molar-refractivity contribution >= 4 is 23.7 Å². The number of hydrogen-bond acceptors (Lipinski definition) is 9. The molecule has 34 heavy (non-hydrogen) atoms. The van der Waals surface area contributed by atoms with Crippen molar-refractivity contribution in [2.45, 2.75) is 25.3 Å². The van der Waals surface area contributed by atoms with Crippen molar-refractivity contribution in [3.63, 3.8) is 0 Å². The zero-order valence-corrected chi connectivity index (χ0v) is 19.5. The predicted octanol–water partition coefficient (Wildman–Crippen LogP) is 2.96. The van der Waals surface area contributed by atoms with E-state index in [4.69, 9.17) is 24.2 Å². The van der Waals surface area contributed by atoms with Gasteiger partial charge in [-0.15, -0.1) is 0 Å². The first-order valence-electron chi connectivity index (χ1n) is 11.2. The molecule has 3 aromatic rings. The Labute approximate surface area is 197 Å². The molecule has 1 aliphatic carbocycles. The van der Waals surface area contributed by atoms with Gasteiger partial charge in [0.1, 0.15) is 18.0 Å². The number of hydrogen-bond donors (Lipinski definition) is 2. The fourth-order valence-corrected chi connectivity index (χ4v) is 4.50. The molecule has 178 valence electrons. The second-order valence-corrected chi connectivity index (χ2v) is 8.19. The molecule has 3 heterocycles. The van der Waals surface area contributed by atoms with E-state index in [0.29, 0.717) is 29.0 Å². The van der Waals surface area contributed by atoms with Gasteiger partial charge in [-0.25, -0.2) is 9.97 Å². The fourth-order valence-electron chi connectivity index (χ4n) is 4.50. The van der Waals surface area contributed by atoms with Crippen LogP contribution >= 0.6 is 0 Å². The van der Waals surface area contributed by atoms with E-state index in [1.165, 1.54) is 0 Å². The zero-order chi connectivity index (χ0) is 23.7. The number of nitrogens with zero attached hydrogens (tertiary/aromatic N) is 5. The first kappa shape index (κ1) is 22.0.